The second-order valence-electron chi connectivity index (χ2n) is 6.27. The Balaban J connectivity index is 1.99. The van der Waals surface area contributed by atoms with E-state index < -0.39 is 0 Å². The maximum atomic E-state index is 12.5. The fourth-order valence-corrected chi connectivity index (χ4v) is 2.96. The van der Waals surface area contributed by atoms with E-state index in [9.17, 15) is 4.79 Å². The summed E-state index contributed by atoms with van der Waals surface area (Å²) in [5, 5.41) is 4.11. The van der Waals surface area contributed by atoms with Crippen molar-refractivity contribution in [3.05, 3.63) is 76.3 Å². The van der Waals surface area contributed by atoms with Crippen LogP contribution >= 0.6 is 11.6 Å². The van der Waals surface area contributed by atoms with E-state index in [0.717, 1.165) is 17.7 Å². The van der Waals surface area contributed by atoms with Gasteiger partial charge in [0.2, 0.25) is 0 Å². The number of halogens is 1. The first-order chi connectivity index (χ1) is 10.4. The highest BCUT2D eigenvalue weighted by Gasteiger charge is 2.27. The molecule has 3 rings (SSSR count). The zero-order valence-corrected chi connectivity index (χ0v) is 13.4. The summed E-state index contributed by atoms with van der Waals surface area (Å²) >= 11 is 5.87. The smallest absolute Gasteiger partial charge is 0.187 e. The lowest BCUT2D eigenvalue weighted by molar-refractivity contribution is 0.104. The van der Waals surface area contributed by atoms with Crippen LogP contribution in [-0.2, 0) is 6.42 Å². The molecule has 1 N–H and O–H groups in total. The van der Waals surface area contributed by atoms with Gasteiger partial charge in [-0.1, -0.05) is 35.9 Å². The Bertz CT molecular complexity index is 744. The summed E-state index contributed by atoms with van der Waals surface area (Å²) in [6.07, 6.45) is 2.62. The third kappa shape index (κ3) is 3.07. The van der Waals surface area contributed by atoms with Crippen molar-refractivity contribution in [2.75, 3.05) is 0 Å². The van der Waals surface area contributed by atoms with Crippen LogP contribution in [0.25, 0.3) is 5.70 Å². The molecule has 112 valence electrons. The molecule has 3 heteroatoms. The topological polar surface area (TPSA) is 29.1 Å². The van der Waals surface area contributed by atoms with Crippen LogP contribution in [-0.4, -0.2) is 11.3 Å². The molecule has 0 unspecified atom stereocenters. The van der Waals surface area contributed by atoms with Crippen LogP contribution in [0.5, 0.6) is 0 Å². The number of carbonyl (C=O) groups excluding carboxylic acids is 1. The zero-order chi connectivity index (χ0) is 15.7. The second kappa shape index (κ2) is 5.62. The molecule has 2 aromatic carbocycles. The molecule has 1 aliphatic heterocycles. The first kappa shape index (κ1) is 14.9. The molecule has 0 amide bonds. The molecule has 2 aromatic rings. The molecule has 0 spiro atoms. The van der Waals surface area contributed by atoms with Crippen LogP contribution in [0, 0.1) is 0 Å². The zero-order valence-electron chi connectivity index (χ0n) is 12.7. The van der Waals surface area contributed by atoms with E-state index in [1.807, 2.05) is 12.1 Å². The minimum atomic E-state index is -0.0690. The van der Waals surface area contributed by atoms with Crippen molar-refractivity contribution in [2.45, 2.75) is 25.8 Å². The minimum absolute atomic E-state index is 0.0216. The van der Waals surface area contributed by atoms with Crippen molar-refractivity contribution in [2.24, 2.45) is 0 Å². The van der Waals surface area contributed by atoms with Crippen molar-refractivity contribution >= 4 is 23.1 Å². The summed E-state index contributed by atoms with van der Waals surface area (Å²) in [7, 11) is 0. The summed E-state index contributed by atoms with van der Waals surface area (Å²) < 4.78 is 0. The van der Waals surface area contributed by atoms with Gasteiger partial charge in [0.25, 0.3) is 0 Å². The van der Waals surface area contributed by atoms with Crippen LogP contribution < -0.4 is 5.32 Å². The van der Waals surface area contributed by atoms with Gasteiger partial charge in [-0.2, -0.15) is 0 Å². The predicted octanol–water partition coefficient (Wildman–Crippen LogP) is 4.49. The SMILES string of the molecule is CC1(C)Cc2ccccc2/C(=C/C(=O)c2ccc(Cl)cc2)N1. The van der Waals surface area contributed by atoms with Gasteiger partial charge in [-0.15, -0.1) is 0 Å². The number of nitrogens with one attached hydrogen (secondary N) is 1. The van der Waals surface area contributed by atoms with Crippen LogP contribution in [0.3, 0.4) is 0 Å². The van der Waals surface area contributed by atoms with Crippen molar-refractivity contribution in [1.82, 2.24) is 5.32 Å². The van der Waals surface area contributed by atoms with E-state index in [1.54, 1.807) is 30.3 Å². The van der Waals surface area contributed by atoms with Gasteiger partial charge >= 0.3 is 0 Å². The second-order valence-corrected chi connectivity index (χ2v) is 6.71. The third-order valence-corrected chi connectivity index (χ3v) is 4.07. The number of benzene rings is 2. The quantitative estimate of drug-likeness (QED) is 0.654. The Morgan fingerprint density at radius 3 is 2.55 bits per heavy atom. The lowest BCUT2D eigenvalue weighted by Crippen LogP contribution is -2.43. The van der Waals surface area contributed by atoms with Gasteiger partial charge < -0.3 is 5.32 Å². The molecule has 0 saturated heterocycles. The number of fused-ring (bicyclic) bond motifs is 1. The molecule has 1 heterocycles. The highest BCUT2D eigenvalue weighted by Crippen LogP contribution is 2.29. The summed E-state index contributed by atoms with van der Waals surface area (Å²) in [6.45, 7) is 4.28. The van der Waals surface area contributed by atoms with Crippen molar-refractivity contribution in [1.29, 1.82) is 0 Å². The van der Waals surface area contributed by atoms with Crippen molar-refractivity contribution in [3.8, 4) is 0 Å². The molecule has 22 heavy (non-hydrogen) atoms. The normalized spacial score (nSPS) is 17.7. The Morgan fingerprint density at radius 1 is 1.14 bits per heavy atom. The molecule has 0 bridgehead atoms. The van der Waals surface area contributed by atoms with Crippen LogP contribution in [0.1, 0.15) is 35.3 Å². The van der Waals surface area contributed by atoms with Gasteiger partial charge in [0.1, 0.15) is 0 Å². The van der Waals surface area contributed by atoms with E-state index in [0.29, 0.717) is 10.6 Å². The molecular weight excluding hydrogens is 294 g/mol. The standard InChI is InChI=1S/C19H18ClNO/c1-19(2)12-14-5-3-4-6-16(14)17(21-19)11-18(22)13-7-9-15(20)10-8-13/h3-11,21H,12H2,1-2H3/b17-11-. The molecule has 0 radical (unpaired) electrons. The van der Waals surface area contributed by atoms with E-state index in [1.165, 1.54) is 5.56 Å². The van der Waals surface area contributed by atoms with Crippen molar-refractivity contribution < 1.29 is 4.79 Å². The van der Waals surface area contributed by atoms with E-state index >= 15 is 0 Å². The van der Waals surface area contributed by atoms with Gasteiger partial charge in [-0.3, -0.25) is 4.79 Å². The summed E-state index contributed by atoms with van der Waals surface area (Å²) in [5.41, 5.74) is 3.82. The van der Waals surface area contributed by atoms with Gasteiger partial charge in [-0.05, 0) is 50.1 Å². The number of carbonyl (C=O) groups is 1. The van der Waals surface area contributed by atoms with Crippen LogP contribution in [0.15, 0.2) is 54.6 Å². The van der Waals surface area contributed by atoms with E-state index in [-0.39, 0.29) is 11.3 Å². The van der Waals surface area contributed by atoms with E-state index in [4.69, 9.17) is 11.6 Å². The van der Waals surface area contributed by atoms with Gasteiger partial charge in [0.15, 0.2) is 5.78 Å². The summed E-state index contributed by atoms with van der Waals surface area (Å²) in [6, 6.07) is 15.2. The number of hydrogen-bond acceptors (Lipinski definition) is 2. The maximum Gasteiger partial charge on any atom is 0.187 e. The summed E-state index contributed by atoms with van der Waals surface area (Å²) in [4.78, 5) is 12.5. The fraction of sp³-hybridized carbons (Fsp3) is 0.211. The van der Waals surface area contributed by atoms with Crippen molar-refractivity contribution in [3.63, 3.8) is 0 Å². The molecule has 0 aliphatic carbocycles. The van der Waals surface area contributed by atoms with Crippen LogP contribution in [0.2, 0.25) is 5.02 Å². The Morgan fingerprint density at radius 2 is 1.82 bits per heavy atom. The first-order valence-electron chi connectivity index (χ1n) is 7.33. The number of ketones is 1. The molecule has 2 nitrogen and oxygen atoms in total. The third-order valence-electron chi connectivity index (χ3n) is 3.82. The fourth-order valence-electron chi connectivity index (χ4n) is 2.83. The Kier molecular flexibility index (Phi) is 3.79. The van der Waals surface area contributed by atoms with Gasteiger partial charge in [0.05, 0.1) is 0 Å². The lowest BCUT2D eigenvalue weighted by atomic mass is 9.85. The molecule has 1 aliphatic rings. The predicted molar refractivity (Wildman–Crippen MR) is 91.1 cm³/mol. The average molecular weight is 312 g/mol. The largest absolute Gasteiger partial charge is 0.379 e. The lowest BCUT2D eigenvalue weighted by Gasteiger charge is -2.35. The monoisotopic (exact) mass is 311 g/mol. The molecule has 0 fully saturated rings. The first-order valence-corrected chi connectivity index (χ1v) is 7.70. The molecular formula is C19H18ClNO. The highest BCUT2D eigenvalue weighted by molar-refractivity contribution is 6.30. The molecule has 0 aromatic heterocycles. The van der Waals surface area contributed by atoms with Crippen LogP contribution in [0.4, 0.5) is 0 Å². The summed E-state index contributed by atoms with van der Waals surface area (Å²) in [5.74, 6) is -0.0216. The van der Waals surface area contributed by atoms with Gasteiger partial charge in [0, 0.05) is 33.5 Å². The number of hydrogen-bond donors (Lipinski definition) is 1. The number of rotatable bonds is 2. The van der Waals surface area contributed by atoms with E-state index in [2.05, 4.69) is 31.3 Å². The maximum absolute atomic E-state index is 12.5. The Hall–Kier alpha value is -2.06. The number of allylic oxidation sites excluding steroid dienone is 1. The highest BCUT2D eigenvalue weighted by atomic mass is 35.5. The van der Waals surface area contributed by atoms with Gasteiger partial charge in [-0.25, -0.2) is 0 Å². The molecule has 0 atom stereocenters. The minimum Gasteiger partial charge on any atom is -0.379 e. The Labute approximate surface area is 135 Å². The average Bonchev–Trinajstić information content (AvgIpc) is 2.46. The molecule has 0 saturated carbocycles.